The quantitative estimate of drug-likeness (QED) is 0.307. The second-order valence-electron chi connectivity index (χ2n) is 8.38. The standard InChI is InChI=1S/C26H21F4N5O3/c27-20-13-18(4-6-21(20)34-25(36)32-17-3-1-2-16(12-17)26(28,29)30)38-19-5-7-22-23(14-19)33-24(15-31-22)35-8-10-37-11-9-35/h1-7,12-15H,8-11H2,(H2,32,34,36). The Morgan fingerprint density at radius 2 is 1.71 bits per heavy atom. The van der Waals surface area contributed by atoms with Crippen molar-refractivity contribution >= 4 is 34.3 Å². The molecule has 0 saturated carbocycles. The number of carbonyl (C=O) groups is 1. The van der Waals surface area contributed by atoms with Crippen molar-refractivity contribution in [2.75, 3.05) is 41.8 Å². The molecule has 4 aromatic rings. The van der Waals surface area contributed by atoms with Crippen LogP contribution in [0.2, 0.25) is 0 Å². The maximum Gasteiger partial charge on any atom is 0.416 e. The van der Waals surface area contributed by atoms with E-state index < -0.39 is 23.6 Å². The average Bonchev–Trinajstić information content (AvgIpc) is 2.90. The van der Waals surface area contributed by atoms with Gasteiger partial charge in [-0.1, -0.05) is 6.07 Å². The van der Waals surface area contributed by atoms with E-state index in [0.29, 0.717) is 43.1 Å². The molecule has 1 aliphatic heterocycles. The number of nitrogens with one attached hydrogen (secondary N) is 2. The number of rotatable bonds is 5. The summed E-state index contributed by atoms with van der Waals surface area (Å²) in [6, 6.07) is 12.1. The van der Waals surface area contributed by atoms with Crippen LogP contribution in [0, 0.1) is 5.82 Å². The van der Waals surface area contributed by atoms with E-state index in [1.165, 1.54) is 18.2 Å². The van der Waals surface area contributed by atoms with Crippen LogP contribution < -0.4 is 20.3 Å². The first kappa shape index (κ1) is 25.2. The summed E-state index contributed by atoms with van der Waals surface area (Å²) < 4.78 is 64.4. The zero-order valence-electron chi connectivity index (χ0n) is 19.8. The lowest BCUT2D eigenvalue weighted by Crippen LogP contribution is -2.36. The van der Waals surface area contributed by atoms with Crippen molar-refractivity contribution in [2.45, 2.75) is 6.18 Å². The summed E-state index contributed by atoms with van der Waals surface area (Å²) >= 11 is 0. The maximum absolute atomic E-state index is 14.7. The summed E-state index contributed by atoms with van der Waals surface area (Å²) in [4.78, 5) is 23.4. The van der Waals surface area contributed by atoms with Crippen LogP contribution in [0.15, 0.2) is 66.9 Å². The van der Waals surface area contributed by atoms with E-state index in [0.717, 1.165) is 30.1 Å². The van der Waals surface area contributed by atoms with Gasteiger partial charge in [0.1, 0.15) is 23.1 Å². The zero-order valence-corrected chi connectivity index (χ0v) is 19.8. The summed E-state index contributed by atoms with van der Waals surface area (Å²) in [5.74, 6) is 0.510. The first-order valence-corrected chi connectivity index (χ1v) is 11.6. The molecule has 2 amide bonds. The molecular weight excluding hydrogens is 506 g/mol. The van der Waals surface area contributed by atoms with Gasteiger partial charge in [-0.05, 0) is 42.5 Å². The second kappa shape index (κ2) is 10.5. The van der Waals surface area contributed by atoms with Crippen LogP contribution in [0.5, 0.6) is 11.5 Å². The number of aromatic nitrogens is 2. The van der Waals surface area contributed by atoms with Gasteiger partial charge in [-0.25, -0.2) is 14.2 Å². The third-order valence-electron chi connectivity index (χ3n) is 5.71. The summed E-state index contributed by atoms with van der Waals surface area (Å²) in [5.41, 5.74) is 0.0959. The third-order valence-corrected chi connectivity index (χ3v) is 5.71. The molecule has 12 heteroatoms. The number of anilines is 3. The summed E-state index contributed by atoms with van der Waals surface area (Å²) in [5, 5.41) is 4.53. The number of benzene rings is 3. The van der Waals surface area contributed by atoms with Crippen molar-refractivity contribution in [1.82, 2.24) is 9.97 Å². The molecule has 2 N–H and O–H groups in total. The Hall–Kier alpha value is -4.45. The van der Waals surface area contributed by atoms with Gasteiger partial charge in [-0.2, -0.15) is 13.2 Å². The van der Waals surface area contributed by atoms with Crippen LogP contribution in [0.25, 0.3) is 11.0 Å². The smallest absolute Gasteiger partial charge is 0.416 e. The fourth-order valence-electron chi connectivity index (χ4n) is 3.84. The summed E-state index contributed by atoms with van der Waals surface area (Å²) in [6.45, 7) is 2.67. The number of alkyl halides is 3. The lowest BCUT2D eigenvalue weighted by Gasteiger charge is -2.27. The minimum atomic E-state index is -4.56. The van der Waals surface area contributed by atoms with Crippen molar-refractivity contribution in [1.29, 1.82) is 0 Å². The van der Waals surface area contributed by atoms with Crippen LogP contribution in [-0.4, -0.2) is 42.3 Å². The average molecular weight is 527 g/mol. The molecule has 1 aromatic heterocycles. The number of halogens is 4. The molecular formula is C26H21F4N5O3. The Bertz CT molecular complexity index is 1480. The fraction of sp³-hybridized carbons (Fsp3) is 0.192. The number of nitrogens with zero attached hydrogens (tertiary/aromatic N) is 3. The first-order chi connectivity index (χ1) is 18.2. The molecule has 0 aliphatic carbocycles. The van der Waals surface area contributed by atoms with Crippen LogP contribution in [-0.2, 0) is 10.9 Å². The highest BCUT2D eigenvalue weighted by Crippen LogP contribution is 2.31. The van der Waals surface area contributed by atoms with Gasteiger partial charge in [0.25, 0.3) is 0 Å². The Balaban J connectivity index is 1.25. The number of carbonyl (C=O) groups excluding carboxylic acids is 1. The number of amides is 2. The second-order valence-corrected chi connectivity index (χ2v) is 8.38. The normalized spacial score (nSPS) is 13.8. The topological polar surface area (TPSA) is 88.6 Å². The van der Waals surface area contributed by atoms with Crippen LogP contribution in [0.1, 0.15) is 5.56 Å². The Morgan fingerprint density at radius 3 is 2.47 bits per heavy atom. The molecule has 1 saturated heterocycles. The lowest BCUT2D eigenvalue weighted by molar-refractivity contribution is -0.137. The van der Waals surface area contributed by atoms with Gasteiger partial charge in [0.15, 0.2) is 0 Å². The van der Waals surface area contributed by atoms with Gasteiger partial charge in [-0.3, -0.25) is 4.98 Å². The van der Waals surface area contributed by atoms with E-state index in [4.69, 9.17) is 9.47 Å². The summed E-state index contributed by atoms with van der Waals surface area (Å²) in [7, 11) is 0. The third kappa shape index (κ3) is 5.92. The maximum atomic E-state index is 14.7. The molecule has 3 aromatic carbocycles. The zero-order chi connectivity index (χ0) is 26.7. The molecule has 0 bridgehead atoms. The minimum absolute atomic E-state index is 0.0890. The van der Waals surface area contributed by atoms with E-state index in [-0.39, 0.29) is 17.1 Å². The SMILES string of the molecule is O=C(Nc1cccc(C(F)(F)F)c1)Nc1ccc(Oc2ccc3ncc(N4CCOCC4)nc3c2)cc1F. The minimum Gasteiger partial charge on any atom is -0.457 e. The van der Waals surface area contributed by atoms with Gasteiger partial charge in [0, 0.05) is 30.9 Å². The van der Waals surface area contributed by atoms with Crippen molar-refractivity contribution in [2.24, 2.45) is 0 Å². The highest BCUT2D eigenvalue weighted by atomic mass is 19.4. The number of hydrogen-bond donors (Lipinski definition) is 2. The van der Waals surface area contributed by atoms with Gasteiger partial charge in [0.05, 0.1) is 41.7 Å². The number of urea groups is 1. The number of morpholine rings is 1. The molecule has 196 valence electrons. The summed E-state index contributed by atoms with van der Waals surface area (Å²) in [6.07, 6.45) is -2.85. The molecule has 0 spiro atoms. The molecule has 0 unspecified atom stereocenters. The number of fused-ring (bicyclic) bond motifs is 1. The molecule has 8 nitrogen and oxygen atoms in total. The van der Waals surface area contributed by atoms with E-state index in [9.17, 15) is 22.4 Å². The highest BCUT2D eigenvalue weighted by Gasteiger charge is 2.30. The van der Waals surface area contributed by atoms with E-state index in [1.54, 1.807) is 24.4 Å². The van der Waals surface area contributed by atoms with Gasteiger partial charge in [-0.15, -0.1) is 0 Å². The molecule has 1 fully saturated rings. The van der Waals surface area contributed by atoms with E-state index in [2.05, 4.69) is 25.5 Å². The van der Waals surface area contributed by atoms with Crippen LogP contribution in [0.3, 0.4) is 0 Å². The van der Waals surface area contributed by atoms with E-state index >= 15 is 0 Å². The Labute approximate surface area is 214 Å². The number of ether oxygens (including phenoxy) is 2. The molecule has 2 heterocycles. The Morgan fingerprint density at radius 1 is 0.947 bits per heavy atom. The largest absolute Gasteiger partial charge is 0.457 e. The Kier molecular flexibility index (Phi) is 6.97. The van der Waals surface area contributed by atoms with Crippen molar-refractivity contribution in [3.63, 3.8) is 0 Å². The van der Waals surface area contributed by atoms with Crippen LogP contribution in [0.4, 0.5) is 39.5 Å². The van der Waals surface area contributed by atoms with Gasteiger partial charge in [0.2, 0.25) is 0 Å². The highest BCUT2D eigenvalue weighted by molar-refractivity contribution is 5.99. The van der Waals surface area contributed by atoms with Crippen molar-refractivity contribution in [3.8, 4) is 11.5 Å². The number of hydrogen-bond acceptors (Lipinski definition) is 6. The molecule has 38 heavy (non-hydrogen) atoms. The monoisotopic (exact) mass is 527 g/mol. The van der Waals surface area contributed by atoms with Crippen molar-refractivity contribution < 1.29 is 31.8 Å². The fourth-order valence-corrected chi connectivity index (χ4v) is 3.84. The van der Waals surface area contributed by atoms with Gasteiger partial charge >= 0.3 is 12.2 Å². The lowest BCUT2D eigenvalue weighted by atomic mass is 10.2. The molecule has 0 radical (unpaired) electrons. The van der Waals surface area contributed by atoms with Crippen molar-refractivity contribution in [3.05, 3.63) is 78.2 Å². The predicted molar refractivity (Wildman–Crippen MR) is 133 cm³/mol. The molecule has 1 aliphatic rings. The van der Waals surface area contributed by atoms with E-state index in [1.807, 2.05) is 0 Å². The first-order valence-electron chi connectivity index (χ1n) is 11.6. The van der Waals surface area contributed by atoms with Gasteiger partial charge < -0.3 is 25.0 Å². The molecule has 0 atom stereocenters. The van der Waals surface area contributed by atoms with Crippen LogP contribution >= 0.6 is 0 Å². The predicted octanol–water partition coefficient (Wildman–Crippen LogP) is 6.06. The molecule has 5 rings (SSSR count).